The van der Waals surface area contributed by atoms with Crippen molar-refractivity contribution in [1.82, 2.24) is 10.9 Å². The van der Waals surface area contributed by atoms with Crippen LogP contribution in [0.3, 0.4) is 0 Å². The number of carbonyl (C=O) groups excluding carboxylic acids is 2. The Labute approximate surface area is 152 Å². The normalized spacial score (nSPS) is 10.2. The smallest absolute Gasteiger partial charge is 0.273 e. The fourth-order valence-electron chi connectivity index (χ4n) is 2.32. The summed E-state index contributed by atoms with van der Waals surface area (Å²) in [6.45, 7) is 2.04. The summed E-state index contributed by atoms with van der Waals surface area (Å²) in [5, 5.41) is 0.466. The number of aryl methyl sites for hydroxylation is 2. The first-order chi connectivity index (χ1) is 12.0. The van der Waals surface area contributed by atoms with Gasteiger partial charge in [0.25, 0.3) is 5.91 Å². The Hall–Kier alpha value is -2.53. The van der Waals surface area contributed by atoms with Gasteiger partial charge < -0.3 is 4.74 Å². The van der Waals surface area contributed by atoms with Crippen LogP contribution in [0.5, 0.6) is 5.75 Å². The van der Waals surface area contributed by atoms with Gasteiger partial charge in [0.05, 0.1) is 12.7 Å². The number of hydrazine groups is 1. The zero-order chi connectivity index (χ0) is 18.2. The van der Waals surface area contributed by atoms with Gasteiger partial charge in [0, 0.05) is 11.4 Å². The van der Waals surface area contributed by atoms with Gasteiger partial charge >= 0.3 is 0 Å². The minimum absolute atomic E-state index is 0.242. The number of hydrogen-bond donors (Lipinski definition) is 2. The molecule has 0 aliphatic heterocycles. The van der Waals surface area contributed by atoms with Gasteiger partial charge in [-0.1, -0.05) is 41.4 Å². The Morgan fingerprint density at radius 2 is 1.80 bits per heavy atom. The van der Waals surface area contributed by atoms with Crippen LogP contribution in [0, 0.1) is 6.92 Å². The van der Waals surface area contributed by atoms with Crippen LogP contribution in [-0.2, 0) is 11.2 Å². The summed E-state index contributed by atoms with van der Waals surface area (Å²) in [4.78, 5) is 24.0. The largest absolute Gasteiger partial charge is 0.496 e. The lowest BCUT2D eigenvalue weighted by Crippen LogP contribution is -2.41. The van der Waals surface area contributed by atoms with Crippen LogP contribution in [-0.4, -0.2) is 18.9 Å². The van der Waals surface area contributed by atoms with E-state index >= 15 is 0 Å². The fourth-order valence-corrected chi connectivity index (χ4v) is 2.48. The molecule has 0 heterocycles. The Morgan fingerprint density at radius 3 is 2.48 bits per heavy atom. The van der Waals surface area contributed by atoms with Crippen molar-refractivity contribution < 1.29 is 14.3 Å². The van der Waals surface area contributed by atoms with Gasteiger partial charge in [0.15, 0.2) is 0 Å². The molecule has 0 saturated heterocycles. The van der Waals surface area contributed by atoms with Gasteiger partial charge in [-0.05, 0) is 43.5 Å². The second-order valence-corrected chi connectivity index (χ2v) is 6.12. The molecule has 0 unspecified atom stereocenters. The molecule has 6 heteroatoms. The van der Waals surface area contributed by atoms with E-state index in [1.807, 2.05) is 6.92 Å². The van der Waals surface area contributed by atoms with E-state index in [9.17, 15) is 9.59 Å². The summed E-state index contributed by atoms with van der Waals surface area (Å²) in [5.74, 6) is -0.354. The van der Waals surface area contributed by atoms with Crippen molar-refractivity contribution in [1.29, 1.82) is 0 Å². The van der Waals surface area contributed by atoms with Crippen LogP contribution in [0.4, 0.5) is 0 Å². The second-order valence-electron chi connectivity index (χ2n) is 5.69. The Balaban J connectivity index is 1.77. The molecule has 0 radical (unpaired) electrons. The molecule has 5 nitrogen and oxygen atoms in total. The molecule has 2 rings (SSSR count). The number of benzene rings is 2. The van der Waals surface area contributed by atoms with Crippen LogP contribution in [0.2, 0.25) is 5.02 Å². The third-order valence-electron chi connectivity index (χ3n) is 3.71. The van der Waals surface area contributed by atoms with Gasteiger partial charge in [-0.2, -0.15) is 0 Å². The number of ether oxygens (including phenoxy) is 1. The van der Waals surface area contributed by atoms with Crippen molar-refractivity contribution in [2.75, 3.05) is 7.11 Å². The highest BCUT2D eigenvalue weighted by atomic mass is 35.5. The van der Waals surface area contributed by atoms with Gasteiger partial charge in [0.1, 0.15) is 5.75 Å². The van der Waals surface area contributed by atoms with E-state index in [1.165, 1.54) is 18.2 Å². The first kappa shape index (κ1) is 18.8. The van der Waals surface area contributed by atoms with Crippen molar-refractivity contribution in [2.24, 2.45) is 0 Å². The molecule has 0 spiro atoms. The lowest BCUT2D eigenvalue weighted by Gasteiger charge is -2.10. The third-order valence-corrected chi connectivity index (χ3v) is 3.95. The molecule has 2 amide bonds. The minimum Gasteiger partial charge on any atom is -0.496 e. The minimum atomic E-state index is -0.458. The molecule has 2 aromatic carbocycles. The van der Waals surface area contributed by atoms with E-state index < -0.39 is 5.91 Å². The fraction of sp³-hybridized carbons (Fsp3) is 0.263. The topological polar surface area (TPSA) is 67.4 Å². The maximum absolute atomic E-state index is 12.1. The third kappa shape index (κ3) is 5.80. The lowest BCUT2D eigenvalue weighted by molar-refractivity contribution is -0.121. The summed E-state index contributed by atoms with van der Waals surface area (Å²) in [6, 6.07) is 12.9. The molecule has 25 heavy (non-hydrogen) atoms. The average molecular weight is 361 g/mol. The number of hydrogen-bond acceptors (Lipinski definition) is 3. The van der Waals surface area contributed by atoms with E-state index in [0.29, 0.717) is 29.2 Å². The van der Waals surface area contributed by atoms with Gasteiger partial charge in [-0.25, -0.2) is 0 Å². The predicted molar refractivity (Wildman–Crippen MR) is 97.7 cm³/mol. The monoisotopic (exact) mass is 360 g/mol. The maximum atomic E-state index is 12.1. The van der Waals surface area contributed by atoms with Crippen molar-refractivity contribution in [3.8, 4) is 5.75 Å². The van der Waals surface area contributed by atoms with E-state index in [1.54, 1.807) is 18.2 Å². The number of rotatable bonds is 6. The van der Waals surface area contributed by atoms with E-state index in [-0.39, 0.29) is 5.91 Å². The summed E-state index contributed by atoms with van der Waals surface area (Å²) in [6.07, 6.45) is 1.84. The molecule has 0 aliphatic rings. The molecular formula is C19H21ClN2O3. The molecule has 0 fully saturated rings. The highest BCUT2D eigenvalue weighted by Crippen LogP contribution is 2.22. The first-order valence-corrected chi connectivity index (χ1v) is 8.35. The van der Waals surface area contributed by atoms with Crippen LogP contribution >= 0.6 is 11.6 Å². The molecule has 2 N–H and O–H groups in total. The van der Waals surface area contributed by atoms with Crippen LogP contribution in [0.15, 0.2) is 42.5 Å². The van der Waals surface area contributed by atoms with Crippen molar-refractivity contribution in [3.05, 3.63) is 64.2 Å². The summed E-state index contributed by atoms with van der Waals surface area (Å²) in [7, 11) is 1.45. The van der Waals surface area contributed by atoms with Crippen LogP contribution < -0.4 is 15.6 Å². The summed E-state index contributed by atoms with van der Waals surface area (Å²) < 4.78 is 5.12. The number of halogens is 1. The molecule has 0 aromatic heterocycles. The van der Waals surface area contributed by atoms with E-state index in [4.69, 9.17) is 16.3 Å². The van der Waals surface area contributed by atoms with Crippen LogP contribution in [0.1, 0.15) is 34.3 Å². The van der Waals surface area contributed by atoms with E-state index in [0.717, 1.165) is 6.42 Å². The maximum Gasteiger partial charge on any atom is 0.273 e. The second kappa shape index (κ2) is 9.08. The molecule has 0 bridgehead atoms. The summed E-state index contributed by atoms with van der Waals surface area (Å²) in [5.41, 5.74) is 7.50. The number of amides is 2. The molecule has 0 aliphatic carbocycles. The molecule has 0 atom stereocenters. The lowest BCUT2D eigenvalue weighted by atomic mass is 10.1. The molecule has 0 saturated carbocycles. The van der Waals surface area contributed by atoms with Crippen molar-refractivity contribution >= 4 is 23.4 Å². The van der Waals surface area contributed by atoms with Gasteiger partial charge in [-0.15, -0.1) is 0 Å². The first-order valence-electron chi connectivity index (χ1n) is 7.98. The SMILES string of the molecule is COc1cc(Cl)ccc1C(=O)NNC(=O)CCCc1ccc(C)cc1. The zero-order valence-electron chi connectivity index (χ0n) is 14.3. The number of methoxy groups -OCH3 is 1. The number of nitrogens with one attached hydrogen (secondary N) is 2. The Bertz CT molecular complexity index is 745. The highest BCUT2D eigenvalue weighted by molar-refractivity contribution is 6.30. The van der Waals surface area contributed by atoms with Gasteiger partial charge in [-0.3, -0.25) is 20.4 Å². The zero-order valence-corrected chi connectivity index (χ0v) is 15.0. The van der Waals surface area contributed by atoms with Crippen LogP contribution in [0.25, 0.3) is 0 Å². The average Bonchev–Trinajstić information content (AvgIpc) is 2.61. The molecule has 132 valence electrons. The molecular weight excluding hydrogens is 340 g/mol. The quantitative estimate of drug-likeness (QED) is 0.775. The van der Waals surface area contributed by atoms with Crippen molar-refractivity contribution in [2.45, 2.75) is 26.2 Å². The van der Waals surface area contributed by atoms with E-state index in [2.05, 4.69) is 35.1 Å². The standard InChI is InChI=1S/C19H21ClN2O3/c1-13-6-8-14(9-7-13)4-3-5-18(23)21-22-19(24)16-11-10-15(20)12-17(16)25-2/h6-12H,3-5H2,1-2H3,(H,21,23)(H,22,24). The summed E-state index contributed by atoms with van der Waals surface area (Å²) >= 11 is 5.86. The highest BCUT2D eigenvalue weighted by Gasteiger charge is 2.13. The van der Waals surface area contributed by atoms with Gasteiger partial charge in [0.2, 0.25) is 5.91 Å². The predicted octanol–water partition coefficient (Wildman–Crippen LogP) is 3.44. The Kier molecular flexibility index (Phi) is 6.83. The molecule has 2 aromatic rings. The van der Waals surface area contributed by atoms with Crippen molar-refractivity contribution in [3.63, 3.8) is 0 Å². The Morgan fingerprint density at radius 1 is 1.08 bits per heavy atom. The number of carbonyl (C=O) groups is 2.